The minimum atomic E-state index is -2.92. The molecule has 1 aliphatic heterocycles. The van der Waals surface area contributed by atoms with E-state index in [1.54, 1.807) is 0 Å². The van der Waals surface area contributed by atoms with Gasteiger partial charge in [0, 0.05) is 23.8 Å². The molecule has 6 heteroatoms. The summed E-state index contributed by atoms with van der Waals surface area (Å²) >= 11 is 1.95. The third-order valence-corrected chi connectivity index (χ3v) is 7.31. The second-order valence-electron chi connectivity index (χ2n) is 6.34. The maximum atomic E-state index is 11.9. The van der Waals surface area contributed by atoms with Crippen LogP contribution in [0.1, 0.15) is 39.0 Å². The summed E-state index contributed by atoms with van der Waals surface area (Å²) in [5, 5.41) is 3.49. The normalized spacial score (nSPS) is 32.8. The molecule has 0 bridgehead atoms. The maximum absolute atomic E-state index is 11.9. The summed E-state index contributed by atoms with van der Waals surface area (Å²) in [5.74, 6) is 2.53. The summed E-state index contributed by atoms with van der Waals surface area (Å²) in [5.41, 5.74) is 0. The summed E-state index contributed by atoms with van der Waals surface area (Å²) in [6.07, 6.45) is 6.49. The molecular formula is C15H29NO3S2. The second-order valence-corrected chi connectivity index (χ2v) is 9.82. The molecule has 0 aromatic carbocycles. The van der Waals surface area contributed by atoms with E-state index in [9.17, 15) is 8.42 Å². The van der Waals surface area contributed by atoms with E-state index in [4.69, 9.17) is 4.74 Å². The minimum Gasteiger partial charge on any atom is -0.375 e. The Morgan fingerprint density at radius 2 is 2.19 bits per heavy atom. The molecule has 4 unspecified atom stereocenters. The van der Waals surface area contributed by atoms with Crippen molar-refractivity contribution in [3.8, 4) is 0 Å². The standard InChI is InChI=1S/C15H29NO3S2/c1-3-7-16-15(14-11-20-9-8-19-14)12-5-4-6-13(10-12)21(2,17)18/h12-16H,3-11H2,1-2H3. The molecule has 2 fully saturated rings. The first-order valence-electron chi connectivity index (χ1n) is 8.14. The van der Waals surface area contributed by atoms with E-state index >= 15 is 0 Å². The molecule has 0 aromatic heterocycles. The van der Waals surface area contributed by atoms with Gasteiger partial charge in [0.05, 0.1) is 18.0 Å². The maximum Gasteiger partial charge on any atom is 0.150 e. The van der Waals surface area contributed by atoms with Gasteiger partial charge in [-0.1, -0.05) is 13.3 Å². The van der Waals surface area contributed by atoms with E-state index < -0.39 is 9.84 Å². The van der Waals surface area contributed by atoms with Crippen LogP contribution in [0.25, 0.3) is 0 Å². The highest BCUT2D eigenvalue weighted by molar-refractivity contribution is 7.99. The van der Waals surface area contributed by atoms with Crippen LogP contribution in [0, 0.1) is 5.92 Å². The van der Waals surface area contributed by atoms with Gasteiger partial charge >= 0.3 is 0 Å². The fraction of sp³-hybridized carbons (Fsp3) is 1.00. The van der Waals surface area contributed by atoms with Crippen molar-refractivity contribution in [2.75, 3.05) is 30.9 Å². The van der Waals surface area contributed by atoms with E-state index in [2.05, 4.69) is 12.2 Å². The number of hydrogen-bond donors (Lipinski definition) is 1. The van der Waals surface area contributed by atoms with Crippen LogP contribution < -0.4 is 5.32 Å². The van der Waals surface area contributed by atoms with Crippen LogP contribution in [0.4, 0.5) is 0 Å². The average molecular weight is 336 g/mol. The quantitative estimate of drug-likeness (QED) is 0.805. The molecule has 2 aliphatic rings. The van der Waals surface area contributed by atoms with Gasteiger partial charge in [0.1, 0.15) is 9.84 Å². The molecule has 0 aromatic rings. The molecule has 0 amide bonds. The lowest BCUT2D eigenvalue weighted by atomic mass is 9.81. The van der Waals surface area contributed by atoms with Gasteiger partial charge in [0.2, 0.25) is 0 Å². The fourth-order valence-corrected chi connectivity index (χ4v) is 5.63. The van der Waals surface area contributed by atoms with Gasteiger partial charge in [-0.15, -0.1) is 0 Å². The summed E-state index contributed by atoms with van der Waals surface area (Å²) < 4.78 is 29.8. The molecule has 1 heterocycles. The Hall–Kier alpha value is 0.220. The van der Waals surface area contributed by atoms with Gasteiger partial charge in [-0.2, -0.15) is 11.8 Å². The second kappa shape index (κ2) is 8.18. The predicted octanol–water partition coefficient (Wildman–Crippen LogP) is 2.09. The lowest BCUT2D eigenvalue weighted by molar-refractivity contribution is 0.0237. The molecular weight excluding hydrogens is 306 g/mol. The Bertz CT molecular complexity index is 407. The number of hydrogen-bond acceptors (Lipinski definition) is 5. The van der Waals surface area contributed by atoms with Gasteiger partial charge in [0.25, 0.3) is 0 Å². The van der Waals surface area contributed by atoms with Crippen LogP contribution >= 0.6 is 11.8 Å². The zero-order valence-corrected chi connectivity index (χ0v) is 14.8. The van der Waals surface area contributed by atoms with Crippen molar-refractivity contribution in [2.45, 2.75) is 56.4 Å². The van der Waals surface area contributed by atoms with Crippen molar-refractivity contribution < 1.29 is 13.2 Å². The van der Waals surface area contributed by atoms with Crippen molar-refractivity contribution in [3.05, 3.63) is 0 Å². The molecule has 1 saturated heterocycles. The van der Waals surface area contributed by atoms with Gasteiger partial charge in [-0.25, -0.2) is 8.42 Å². The highest BCUT2D eigenvalue weighted by Crippen LogP contribution is 2.33. The minimum absolute atomic E-state index is 0.154. The van der Waals surface area contributed by atoms with Crippen LogP contribution in [0.2, 0.25) is 0 Å². The smallest absolute Gasteiger partial charge is 0.150 e. The van der Waals surface area contributed by atoms with E-state index in [-0.39, 0.29) is 11.4 Å². The third kappa shape index (κ3) is 5.12. The first-order chi connectivity index (χ1) is 10.0. The molecule has 1 saturated carbocycles. The molecule has 2 rings (SSSR count). The Morgan fingerprint density at radius 1 is 1.38 bits per heavy atom. The molecule has 124 valence electrons. The Balaban J connectivity index is 2.04. The summed E-state index contributed by atoms with van der Waals surface area (Å²) in [4.78, 5) is 0. The van der Waals surface area contributed by atoms with Crippen molar-refractivity contribution in [2.24, 2.45) is 5.92 Å². The first kappa shape index (κ1) is 17.6. The topological polar surface area (TPSA) is 55.4 Å². The molecule has 1 N–H and O–H groups in total. The molecule has 1 aliphatic carbocycles. The number of nitrogens with one attached hydrogen (secondary N) is 1. The predicted molar refractivity (Wildman–Crippen MR) is 89.7 cm³/mol. The highest BCUT2D eigenvalue weighted by Gasteiger charge is 2.37. The molecule has 21 heavy (non-hydrogen) atoms. The van der Waals surface area contributed by atoms with Crippen LogP contribution in [-0.2, 0) is 14.6 Å². The Labute approximate surface area is 133 Å². The largest absolute Gasteiger partial charge is 0.375 e. The Kier molecular flexibility index (Phi) is 6.84. The monoisotopic (exact) mass is 335 g/mol. The van der Waals surface area contributed by atoms with Crippen molar-refractivity contribution in [1.29, 1.82) is 0 Å². The average Bonchev–Trinajstić information content (AvgIpc) is 2.48. The van der Waals surface area contributed by atoms with Gasteiger partial charge in [-0.05, 0) is 38.1 Å². The first-order valence-corrected chi connectivity index (χ1v) is 11.2. The van der Waals surface area contributed by atoms with Gasteiger partial charge in [0.15, 0.2) is 0 Å². The Morgan fingerprint density at radius 3 is 2.81 bits per heavy atom. The SMILES string of the molecule is CCCNC(C1CCCC(S(C)(=O)=O)C1)C1CSCCO1. The molecule has 0 spiro atoms. The lowest BCUT2D eigenvalue weighted by Gasteiger charge is -2.39. The lowest BCUT2D eigenvalue weighted by Crippen LogP contribution is -2.51. The van der Waals surface area contributed by atoms with Crippen molar-refractivity contribution >= 4 is 21.6 Å². The number of sulfone groups is 1. The van der Waals surface area contributed by atoms with E-state index in [1.165, 1.54) is 6.26 Å². The van der Waals surface area contributed by atoms with Gasteiger partial charge in [-0.3, -0.25) is 0 Å². The zero-order chi connectivity index (χ0) is 15.3. The van der Waals surface area contributed by atoms with Crippen LogP contribution in [-0.4, -0.2) is 56.7 Å². The van der Waals surface area contributed by atoms with Crippen LogP contribution in [0.3, 0.4) is 0 Å². The summed E-state index contributed by atoms with van der Waals surface area (Å²) in [6.45, 7) is 3.97. The molecule has 4 atom stereocenters. The highest BCUT2D eigenvalue weighted by atomic mass is 32.2. The molecule has 0 radical (unpaired) electrons. The zero-order valence-electron chi connectivity index (χ0n) is 13.2. The van der Waals surface area contributed by atoms with E-state index in [0.29, 0.717) is 12.0 Å². The van der Waals surface area contributed by atoms with E-state index in [1.807, 2.05) is 11.8 Å². The summed E-state index contributed by atoms with van der Waals surface area (Å²) in [6, 6.07) is 0.308. The van der Waals surface area contributed by atoms with Crippen LogP contribution in [0.15, 0.2) is 0 Å². The fourth-order valence-electron chi connectivity index (χ4n) is 3.52. The number of thioether (sulfide) groups is 1. The molecule has 4 nitrogen and oxygen atoms in total. The van der Waals surface area contributed by atoms with Crippen molar-refractivity contribution in [3.63, 3.8) is 0 Å². The van der Waals surface area contributed by atoms with Crippen LogP contribution in [0.5, 0.6) is 0 Å². The van der Waals surface area contributed by atoms with E-state index in [0.717, 1.165) is 56.8 Å². The summed E-state index contributed by atoms with van der Waals surface area (Å²) in [7, 11) is -2.92. The number of ether oxygens (including phenoxy) is 1. The van der Waals surface area contributed by atoms with Gasteiger partial charge < -0.3 is 10.1 Å². The third-order valence-electron chi connectivity index (χ3n) is 4.65. The number of rotatable bonds is 6. The van der Waals surface area contributed by atoms with Crippen molar-refractivity contribution in [1.82, 2.24) is 5.32 Å².